The topological polar surface area (TPSA) is 87.1 Å². The molecule has 30 heavy (non-hydrogen) atoms. The fraction of sp³-hybridized carbons (Fsp3) is 0.0833. The number of hydrogen-bond donors (Lipinski definition) is 1. The Morgan fingerprint density at radius 2 is 1.70 bits per heavy atom. The van der Waals surface area contributed by atoms with Crippen molar-refractivity contribution < 1.29 is 18.7 Å². The molecule has 0 saturated heterocycles. The zero-order chi connectivity index (χ0) is 20.9. The first-order valence-electron chi connectivity index (χ1n) is 9.35. The van der Waals surface area contributed by atoms with Gasteiger partial charge >= 0.3 is 0 Å². The van der Waals surface area contributed by atoms with E-state index in [2.05, 4.69) is 4.99 Å². The Labute approximate surface area is 173 Å². The number of methoxy groups -OCH3 is 1. The van der Waals surface area contributed by atoms with Gasteiger partial charge in [0.05, 0.1) is 12.8 Å². The highest BCUT2D eigenvalue weighted by Crippen LogP contribution is 2.22. The molecule has 6 nitrogen and oxygen atoms in total. The van der Waals surface area contributed by atoms with Crippen molar-refractivity contribution in [2.24, 2.45) is 10.7 Å². The maximum atomic E-state index is 11.9. The molecule has 4 rings (SSSR count). The third-order valence-corrected chi connectivity index (χ3v) is 4.54. The second-order valence-electron chi connectivity index (χ2n) is 6.61. The van der Waals surface area contributed by atoms with E-state index in [0.717, 1.165) is 10.9 Å². The number of nitrogens with zero attached hydrogens (tertiary/aromatic N) is 1. The van der Waals surface area contributed by atoms with Gasteiger partial charge in [0.2, 0.25) is 5.55 Å². The Morgan fingerprint density at radius 3 is 2.40 bits per heavy atom. The van der Waals surface area contributed by atoms with Gasteiger partial charge in [-0.05, 0) is 48.0 Å². The van der Waals surface area contributed by atoms with Crippen LogP contribution in [0.1, 0.15) is 15.9 Å². The van der Waals surface area contributed by atoms with Gasteiger partial charge in [0, 0.05) is 11.5 Å². The highest BCUT2D eigenvalue weighted by atomic mass is 16.5. The molecule has 2 N–H and O–H groups in total. The van der Waals surface area contributed by atoms with Crippen molar-refractivity contribution in [2.45, 2.75) is 6.61 Å². The molecule has 150 valence electrons. The minimum atomic E-state index is -0.614. The van der Waals surface area contributed by atoms with E-state index < -0.39 is 5.91 Å². The van der Waals surface area contributed by atoms with Gasteiger partial charge in [-0.2, -0.15) is 0 Å². The summed E-state index contributed by atoms with van der Waals surface area (Å²) in [5.74, 6) is 0.745. The molecule has 0 aliphatic rings. The van der Waals surface area contributed by atoms with Crippen LogP contribution >= 0.6 is 0 Å². The quantitative estimate of drug-likeness (QED) is 0.521. The van der Waals surface area contributed by atoms with E-state index >= 15 is 0 Å². The Morgan fingerprint density at radius 1 is 0.967 bits per heavy atom. The van der Waals surface area contributed by atoms with Crippen molar-refractivity contribution in [1.29, 1.82) is 0 Å². The van der Waals surface area contributed by atoms with E-state index in [4.69, 9.17) is 19.6 Å². The average molecular weight is 400 g/mol. The van der Waals surface area contributed by atoms with Gasteiger partial charge in [-0.25, -0.2) is 4.99 Å². The van der Waals surface area contributed by atoms with Gasteiger partial charge in [0.1, 0.15) is 29.3 Å². The van der Waals surface area contributed by atoms with Crippen molar-refractivity contribution in [3.63, 3.8) is 0 Å². The molecule has 0 fully saturated rings. The number of benzene rings is 3. The van der Waals surface area contributed by atoms with Crippen molar-refractivity contribution >= 4 is 22.6 Å². The molecule has 0 radical (unpaired) electrons. The Balaban J connectivity index is 1.71. The fourth-order valence-corrected chi connectivity index (χ4v) is 2.96. The normalized spacial score (nSPS) is 11.4. The molecule has 4 aromatic rings. The first kappa shape index (κ1) is 19.3. The minimum Gasteiger partial charge on any atom is -0.497 e. The number of primary amides is 1. The predicted molar refractivity (Wildman–Crippen MR) is 114 cm³/mol. The molecule has 6 heteroatoms. The van der Waals surface area contributed by atoms with Gasteiger partial charge in [0.15, 0.2) is 0 Å². The molecular weight excluding hydrogens is 380 g/mol. The van der Waals surface area contributed by atoms with Crippen LogP contribution in [0.15, 0.2) is 88.3 Å². The molecule has 1 aromatic heterocycles. The minimum absolute atomic E-state index is 0.139. The summed E-state index contributed by atoms with van der Waals surface area (Å²) in [6.07, 6.45) is 0. The maximum absolute atomic E-state index is 11.9. The lowest BCUT2D eigenvalue weighted by atomic mass is 10.1. The molecule has 0 spiro atoms. The third-order valence-electron chi connectivity index (χ3n) is 4.54. The molecule has 0 saturated carbocycles. The van der Waals surface area contributed by atoms with Crippen molar-refractivity contribution in [3.8, 4) is 11.5 Å². The number of fused-ring (bicyclic) bond motifs is 1. The molecule has 0 atom stereocenters. The highest BCUT2D eigenvalue weighted by Gasteiger charge is 2.10. The second-order valence-corrected chi connectivity index (χ2v) is 6.61. The fourth-order valence-electron chi connectivity index (χ4n) is 2.96. The first-order valence-corrected chi connectivity index (χ1v) is 9.35. The Bertz CT molecular complexity index is 1250. The molecular formula is C24H20N2O4. The maximum Gasteiger partial charge on any atom is 0.254 e. The summed E-state index contributed by atoms with van der Waals surface area (Å²) in [6, 6.07) is 24.1. The van der Waals surface area contributed by atoms with Crippen LogP contribution in [0.5, 0.6) is 11.5 Å². The van der Waals surface area contributed by atoms with Gasteiger partial charge in [0.25, 0.3) is 5.91 Å². The van der Waals surface area contributed by atoms with E-state index in [1.54, 1.807) is 43.5 Å². The summed E-state index contributed by atoms with van der Waals surface area (Å²) >= 11 is 0. The van der Waals surface area contributed by atoms with E-state index in [1.165, 1.54) is 0 Å². The van der Waals surface area contributed by atoms with Gasteiger partial charge in [-0.1, -0.05) is 30.3 Å². The number of nitrogens with two attached hydrogens (primary N) is 1. The molecule has 0 bridgehead atoms. The number of carbonyl (C=O) groups excluding carboxylic acids is 1. The SMILES string of the molecule is COc1ccc(N=c2oc3cc(OCc4ccccc4)ccc3cc2C(N)=O)cc1. The third kappa shape index (κ3) is 4.33. The lowest BCUT2D eigenvalue weighted by molar-refractivity contribution is 0.0996. The van der Waals surface area contributed by atoms with Crippen molar-refractivity contribution in [1.82, 2.24) is 0 Å². The highest BCUT2D eigenvalue weighted by molar-refractivity contribution is 5.95. The van der Waals surface area contributed by atoms with Gasteiger partial charge in [-0.15, -0.1) is 0 Å². The Kier molecular flexibility index (Phi) is 5.48. The summed E-state index contributed by atoms with van der Waals surface area (Å²) in [5.41, 5.74) is 8.10. The van der Waals surface area contributed by atoms with E-state index in [9.17, 15) is 4.79 Å². The number of ether oxygens (including phenoxy) is 2. The molecule has 1 amide bonds. The zero-order valence-corrected chi connectivity index (χ0v) is 16.4. The monoisotopic (exact) mass is 400 g/mol. The van der Waals surface area contributed by atoms with E-state index in [0.29, 0.717) is 29.4 Å². The summed E-state index contributed by atoms with van der Waals surface area (Å²) in [5, 5.41) is 0.726. The van der Waals surface area contributed by atoms with Gasteiger partial charge in [-0.3, -0.25) is 4.79 Å². The van der Waals surface area contributed by atoms with Crippen LogP contribution in [0.25, 0.3) is 11.0 Å². The standard InChI is InChI=1S/C24H20N2O4/c1-28-19-11-8-18(9-12-19)26-24-21(23(25)27)13-17-7-10-20(14-22(17)30-24)29-15-16-5-3-2-4-6-16/h2-14H,15H2,1H3,(H2,25,27). The number of carbonyl (C=O) groups is 1. The van der Waals surface area contributed by atoms with Crippen LogP contribution in [0.2, 0.25) is 0 Å². The number of hydrogen-bond acceptors (Lipinski definition) is 5. The summed E-state index contributed by atoms with van der Waals surface area (Å²) < 4.78 is 16.9. The molecule has 0 unspecified atom stereocenters. The number of amides is 1. The summed E-state index contributed by atoms with van der Waals surface area (Å²) in [4.78, 5) is 16.4. The molecule has 0 aliphatic heterocycles. The van der Waals surface area contributed by atoms with Crippen LogP contribution in [0, 0.1) is 0 Å². The molecule has 3 aromatic carbocycles. The van der Waals surface area contributed by atoms with Crippen LogP contribution in [0.4, 0.5) is 5.69 Å². The van der Waals surface area contributed by atoms with E-state index in [1.807, 2.05) is 42.5 Å². The lowest BCUT2D eigenvalue weighted by Crippen LogP contribution is -2.21. The smallest absolute Gasteiger partial charge is 0.254 e. The number of rotatable bonds is 6. The van der Waals surface area contributed by atoms with Crippen molar-refractivity contribution in [3.05, 3.63) is 95.5 Å². The van der Waals surface area contributed by atoms with Gasteiger partial charge < -0.3 is 19.6 Å². The van der Waals surface area contributed by atoms with Crippen LogP contribution in [-0.2, 0) is 6.61 Å². The predicted octanol–water partition coefficient (Wildman–Crippen LogP) is 4.35. The van der Waals surface area contributed by atoms with Crippen LogP contribution in [0.3, 0.4) is 0 Å². The second kappa shape index (κ2) is 8.53. The Hall–Kier alpha value is -4.06. The van der Waals surface area contributed by atoms with Crippen LogP contribution < -0.4 is 20.8 Å². The van der Waals surface area contributed by atoms with E-state index in [-0.39, 0.29) is 11.1 Å². The van der Waals surface area contributed by atoms with Crippen molar-refractivity contribution in [2.75, 3.05) is 7.11 Å². The zero-order valence-electron chi connectivity index (χ0n) is 16.4. The largest absolute Gasteiger partial charge is 0.497 e. The molecule has 0 aliphatic carbocycles. The average Bonchev–Trinajstić information content (AvgIpc) is 2.78. The summed E-state index contributed by atoms with van der Waals surface area (Å²) in [6.45, 7) is 0.439. The summed E-state index contributed by atoms with van der Waals surface area (Å²) in [7, 11) is 1.59. The van der Waals surface area contributed by atoms with Crippen LogP contribution in [-0.4, -0.2) is 13.0 Å². The first-order chi connectivity index (χ1) is 14.6. The molecule has 1 heterocycles. The lowest BCUT2D eigenvalue weighted by Gasteiger charge is -2.08.